The first-order chi connectivity index (χ1) is 9.33. The minimum absolute atomic E-state index is 0.766. The van der Waals surface area contributed by atoms with E-state index in [1.807, 2.05) is 0 Å². The molecule has 0 aromatic carbocycles. The zero-order valence-electron chi connectivity index (χ0n) is 13.1. The molecule has 0 nitrogen and oxygen atoms in total. The highest BCUT2D eigenvalue weighted by Gasteiger charge is 2.40. The van der Waals surface area contributed by atoms with Crippen LogP contribution in [0.5, 0.6) is 0 Å². The van der Waals surface area contributed by atoms with E-state index in [1.54, 1.807) is 51.4 Å². The van der Waals surface area contributed by atoms with Crippen molar-refractivity contribution < 1.29 is 0 Å². The topological polar surface area (TPSA) is 0 Å². The predicted octanol–water partition coefficient (Wildman–Crippen LogP) is 6.34. The van der Waals surface area contributed by atoms with E-state index in [0.717, 1.165) is 23.2 Å². The minimum Gasteiger partial charge on any atom is -0.0649 e. The van der Waals surface area contributed by atoms with Crippen molar-refractivity contribution in [3.63, 3.8) is 0 Å². The Balaban J connectivity index is 1.66. The molecular weight excluding hydrogens is 228 g/mol. The molecule has 3 saturated carbocycles. The van der Waals surface area contributed by atoms with Gasteiger partial charge in [0.1, 0.15) is 0 Å². The van der Waals surface area contributed by atoms with Gasteiger partial charge in [-0.2, -0.15) is 0 Å². The molecule has 3 aliphatic carbocycles. The van der Waals surface area contributed by atoms with Crippen molar-refractivity contribution in [2.24, 2.45) is 23.2 Å². The van der Waals surface area contributed by atoms with Gasteiger partial charge in [-0.1, -0.05) is 71.1 Å². The molecule has 0 saturated heterocycles. The van der Waals surface area contributed by atoms with Gasteiger partial charge in [0.15, 0.2) is 0 Å². The Morgan fingerprint density at radius 3 is 2.32 bits per heavy atom. The van der Waals surface area contributed by atoms with E-state index in [2.05, 4.69) is 6.92 Å². The maximum Gasteiger partial charge on any atom is -0.0297 e. The summed E-state index contributed by atoms with van der Waals surface area (Å²) in [6, 6.07) is 0. The molecule has 3 atom stereocenters. The van der Waals surface area contributed by atoms with Gasteiger partial charge in [0.05, 0.1) is 0 Å². The average Bonchev–Trinajstić information content (AvgIpc) is 2.49. The Hall–Kier alpha value is 0. The van der Waals surface area contributed by atoms with E-state index in [1.165, 1.54) is 38.5 Å². The van der Waals surface area contributed by atoms with Gasteiger partial charge < -0.3 is 0 Å². The highest BCUT2D eigenvalue weighted by molar-refractivity contribution is 4.91. The lowest BCUT2D eigenvalue weighted by Gasteiger charge is -2.47. The Morgan fingerprint density at radius 1 is 0.789 bits per heavy atom. The van der Waals surface area contributed by atoms with Crippen LogP contribution in [0.3, 0.4) is 0 Å². The van der Waals surface area contributed by atoms with Crippen LogP contribution in [-0.4, -0.2) is 0 Å². The highest BCUT2D eigenvalue weighted by atomic mass is 14.4. The summed E-state index contributed by atoms with van der Waals surface area (Å²) >= 11 is 0. The third-order valence-corrected chi connectivity index (χ3v) is 7.08. The SMILES string of the molecule is CCC1(CC2CCCC3CCCCC32)CCCCC1. The molecule has 0 heteroatoms. The molecule has 0 aromatic heterocycles. The molecular formula is C19H34. The molecule has 0 aromatic rings. The van der Waals surface area contributed by atoms with E-state index in [0.29, 0.717) is 0 Å². The van der Waals surface area contributed by atoms with Crippen molar-refractivity contribution in [2.45, 2.75) is 96.8 Å². The van der Waals surface area contributed by atoms with Crippen LogP contribution in [0, 0.1) is 23.2 Å². The quantitative estimate of drug-likeness (QED) is 0.556. The zero-order valence-corrected chi connectivity index (χ0v) is 13.1. The fourth-order valence-corrected chi connectivity index (χ4v) is 5.89. The first-order valence-corrected chi connectivity index (χ1v) is 9.33. The van der Waals surface area contributed by atoms with E-state index >= 15 is 0 Å². The lowest BCUT2D eigenvalue weighted by molar-refractivity contribution is 0.0432. The first-order valence-electron chi connectivity index (χ1n) is 9.33. The van der Waals surface area contributed by atoms with E-state index in [9.17, 15) is 0 Å². The van der Waals surface area contributed by atoms with Crippen LogP contribution in [0.15, 0.2) is 0 Å². The van der Waals surface area contributed by atoms with Crippen molar-refractivity contribution in [3.8, 4) is 0 Å². The van der Waals surface area contributed by atoms with Crippen molar-refractivity contribution in [1.29, 1.82) is 0 Å². The summed E-state index contributed by atoms with van der Waals surface area (Å²) in [5.41, 5.74) is 0.766. The lowest BCUT2D eigenvalue weighted by Crippen LogP contribution is -2.36. The van der Waals surface area contributed by atoms with Crippen LogP contribution in [0.4, 0.5) is 0 Å². The molecule has 110 valence electrons. The van der Waals surface area contributed by atoms with Crippen LogP contribution in [0.2, 0.25) is 0 Å². The van der Waals surface area contributed by atoms with Gasteiger partial charge in [0.25, 0.3) is 0 Å². The van der Waals surface area contributed by atoms with Crippen LogP contribution in [0.25, 0.3) is 0 Å². The molecule has 0 aliphatic heterocycles. The van der Waals surface area contributed by atoms with Gasteiger partial charge in [-0.05, 0) is 48.9 Å². The monoisotopic (exact) mass is 262 g/mol. The second kappa shape index (κ2) is 6.19. The molecule has 3 fully saturated rings. The minimum atomic E-state index is 0.766. The number of fused-ring (bicyclic) bond motifs is 1. The molecule has 0 heterocycles. The predicted molar refractivity (Wildman–Crippen MR) is 83.2 cm³/mol. The summed E-state index contributed by atoms with van der Waals surface area (Å²) in [5, 5.41) is 0. The van der Waals surface area contributed by atoms with Crippen molar-refractivity contribution >= 4 is 0 Å². The van der Waals surface area contributed by atoms with Crippen LogP contribution in [0.1, 0.15) is 96.8 Å². The van der Waals surface area contributed by atoms with Gasteiger partial charge in [0.2, 0.25) is 0 Å². The normalized spacial score (nSPS) is 38.7. The average molecular weight is 262 g/mol. The third kappa shape index (κ3) is 3.03. The summed E-state index contributed by atoms with van der Waals surface area (Å²) < 4.78 is 0. The van der Waals surface area contributed by atoms with Crippen LogP contribution < -0.4 is 0 Å². The largest absolute Gasteiger partial charge is 0.0649 e. The molecule has 3 rings (SSSR count). The molecule has 3 unspecified atom stereocenters. The number of hydrogen-bond donors (Lipinski definition) is 0. The molecule has 0 spiro atoms. The smallest absolute Gasteiger partial charge is 0.0297 e. The Kier molecular flexibility index (Phi) is 4.54. The fraction of sp³-hybridized carbons (Fsp3) is 1.00. The number of rotatable bonds is 3. The second-order valence-corrected chi connectivity index (χ2v) is 8.02. The van der Waals surface area contributed by atoms with Crippen molar-refractivity contribution in [3.05, 3.63) is 0 Å². The molecule has 0 bridgehead atoms. The van der Waals surface area contributed by atoms with Crippen molar-refractivity contribution in [1.82, 2.24) is 0 Å². The van der Waals surface area contributed by atoms with Gasteiger partial charge >= 0.3 is 0 Å². The lowest BCUT2D eigenvalue weighted by atomic mass is 9.59. The Bertz CT molecular complexity index is 272. The summed E-state index contributed by atoms with van der Waals surface area (Å²) in [6.07, 6.45) is 21.6. The molecule has 0 radical (unpaired) electrons. The summed E-state index contributed by atoms with van der Waals surface area (Å²) in [6.45, 7) is 2.48. The van der Waals surface area contributed by atoms with E-state index in [-0.39, 0.29) is 0 Å². The van der Waals surface area contributed by atoms with Crippen LogP contribution in [-0.2, 0) is 0 Å². The number of hydrogen-bond acceptors (Lipinski definition) is 0. The molecule has 0 amide bonds. The Labute approximate surface area is 120 Å². The van der Waals surface area contributed by atoms with E-state index < -0.39 is 0 Å². The first kappa shape index (κ1) is 14.0. The molecule has 19 heavy (non-hydrogen) atoms. The summed E-state index contributed by atoms with van der Waals surface area (Å²) in [4.78, 5) is 0. The summed E-state index contributed by atoms with van der Waals surface area (Å²) in [7, 11) is 0. The molecule has 0 N–H and O–H groups in total. The van der Waals surface area contributed by atoms with Gasteiger partial charge in [-0.3, -0.25) is 0 Å². The zero-order chi connectivity index (χ0) is 13.1. The fourth-order valence-electron chi connectivity index (χ4n) is 5.89. The van der Waals surface area contributed by atoms with Crippen molar-refractivity contribution in [2.75, 3.05) is 0 Å². The van der Waals surface area contributed by atoms with Crippen LogP contribution >= 0.6 is 0 Å². The van der Waals surface area contributed by atoms with E-state index in [4.69, 9.17) is 0 Å². The maximum absolute atomic E-state index is 2.48. The van der Waals surface area contributed by atoms with Gasteiger partial charge in [-0.25, -0.2) is 0 Å². The second-order valence-electron chi connectivity index (χ2n) is 8.02. The van der Waals surface area contributed by atoms with Gasteiger partial charge in [-0.15, -0.1) is 0 Å². The molecule has 3 aliphatic rings. The Morgan fingerprint density at radius 2 is 1.53 bits per heavy atom. The maximum atomic E-state index is 2.48. The highest BCUT2D eigenvalue weighted by Crippen LogP contribution is 2.51. The standard InChI is InChI=1S/C19H34/c1-2-19(13-6-3-7-14-19)15-17-11-8-10-16-9-4-5-12-18(16)17/h16-18H,2-15H2,1H3. The van der Waals surface area contributed by atoms with Gasteiger partial charge in [0, 0.05) is 0 Å². The summed E-state index contributed by atoms with van der Waals surface area (Å²) in [5.74, 6) is 3.37. The third-order valence-electron chi connectivity index (χ3n) is 7.08.